The molecule has 1 heterocycles. The van der Waals surface area contributed by atoms with Gasteiger partial charge in [-0.1, -0.05) is 29.3 Å². The van der Waals surface area contributed by atoms with Gasteiger partial charge < -0.3 is 10.1 Å². The molecule has 2 aromatic rings. The van der Waals surface area contributed by atoms with Gasteiger partial charge in [0.1, 0.15) is 0 Å². The van der Waals surface area contributed by atoms with E-state index < -0.39 is 17.6 Å². The molecule has 0 radical (unpaired) electrons. The number of hydrogen-bond donors (Lipinski definition) is 2. The maximum atomic E-state index is 13.4. The summed E-state index contributed by atoms with van der Waals surface area (Å²) >= 11 is 12.3. The Balaban J connectivity index is 1.99. The van der Waals surface area contributed by atoms with E-state index in [9.17, 15) is 23.1 Å². The minimum atomic E-state index is -4.36. The summed E-state index contributed by atoms with van der Waals surface area (Å²) in [5.74, 6) is -1.18. The van der Waals surface area contributed by atoms with Gasteiger partial charge in [0.2, 0.25) is 0 Å². The standard InChI is InChI=1S/C19H16Cl2F3NO2/c1-9-7-18(2,19(22,23)24)8-10-5-11(25-16(9)10)6-13-14(20)4-3-12(15(13)21)17(26)27/h3-5,7,25H,6,8H2,1-2H3,(H,26,27)/t18-/m0/s1. The van der Waals surface area contributed by atoms with Crippen LogP contribution in [0.5, 0.6) is 0 Å². The average molecular weight is 418 g/mol. The average Bonchev–Trinajstić information content (AvgIpc) is 2.92. The molecule has 3 nitrogen and oxygen atoms in total. The van der Waals surface area contributed by atoms with Gasteiger partial charge in [0, 0.05) is 22.8 Å². The Hall–Kier alpha value is -1.92. The fourth-order valence-electron chi connectivity index (χ4n) is 3.44. The van der Waals surface area contributed by atoms with Gasteiger partial charge in [0.05, 0.1) is 16.0 Å². The van der Waals surface area contributed by atoms with Gasteiger partial charge in [0.25, 0.3) is 0 Å². The third-order valence-corrected chi connectivity index (χ3v) is 5.66. The molecule has 2 N–H and O–H groups in total. The van der Waals surface area contributed by atoms with Crippen molar-refractivity contribution in [2.75, 3.05) is 0 Å². The fraction of sp³-hybridized carbons (Fsp3) is 0.316. The Kier molecular flexibility index (Phi) is 4.85. The van der Waals surface area contributed by atoms with Crippen molar-refractivity contribution in [3.8, 4) is 0 Å². The van der Waals surface area contributed by atoms with Crippen LogP contribution in [0.15, 0.2) is 24.3 Å². The summed E-state index contributed by atoms with van der Waals surface area (Å²) in [6, 6.07) is 4.43. The van der Waals surface area contributed by atoms with Gasteiger partial charge in [-0.05, 0) is 55.2 Å². The maximum absolute atomic E-state index is 13.4. The second kappa shape index (κ2) is 6.60. The molecule has 0 unspecified atom stereocenters. The highest BCUT2D eigenvalue weighted by Crippen LogP contribution is 2.47. The number of carbonyl (C=O) groups is 1. The predicted octanol–water partition coefficient (Wildman–Crippen LogP) is 6.14. The lowest BCUT2D eigenvalue weighted by molar-refractivity contribution is -0.199. The molecule has 0 saturated carbocycles. The highest BCUT2D eigenvalue weighted by atomic mass is 35.5. The molecule has 0 bridgehead atoms. The van der Waals surface area contributed by atoms with Crippen LogP contribution in [0.2, 0.25) is 10.0 Å². The summed E-state index contributed by atoms with van der Waals surface area (Å²) in [7, 11) is 0. The van der Waals surface area contributed by atoms with Gasteiger partial charge in [-0.2, -0.15) is 13.2 Å². The van der Waals surface area contributed by atoms with Crippen molar-refractivity contribution in [2.45, 2.75) is 32.9 Å². The number of allylic oxidation sites excluding steroid dienone is 2. The number of benzene rings is 1. The molecular formula is C19H16Cl2F3NO2. The molecule has 1 aromatic heterocycles. The number of aromatic nitrogens is 1. The number of rotatable bonds is 3. The van der Waals surface area contributed by atoms with Crippen LogP contribution in [0.25, 0.3) is 5.57 Å². The van der Waals surface area contributed by atoms with Crippen LogP contribution in [0.4, 0.5) is 13.2 Å². The van der Waals surface area contributed by atoms with Crippen LogP contribution in [0.1, 0.15) is 46.7 Å². The van der Waals surface area contributed by atoms with E-state index in [1.807, 2.05) is 0 Å². The molecule has 8 heteroatoms. The number of carboxylic acids is 1. The molecule has 144 valence electrons. The van der Waals surface area contributed by atoms with Crippen molar-refractivity contribution in [1.82, 2.24) is 4.98 Å². The lowest BCUT2D eigenvalue weighted by atomic mass is 9.77. The molecular weight excluding hydrogens is 402 g/mol. The normalized spacial score (nSPS) is 19.6. The van der Waals surface area contributed by atoms with Crippen LogP contribution in [0, 0.1) is 5.41 Å². The van der Waals surface area contributed by atoms with Crippen LogP contribution in [-0.2, 0) is 12.8 Å². The first-order chi connectivity index (χ1) is 12.4. The van der Waals surface area contributed by atoms with E-state index in [0.717, 1.165) is 0 Å². The summed E-state index contributed by atoms with van der Waals surface area (Å²) in [5.41, 5.74) is 0.747. The van der Waals surface area contributed by atoms with E-state index in [1.165, 1.54) is 25.1 Å². The zero-order valence-corrected chi connectivity index (χ0v) is 16.0. The molecule has 0 saturated heterocycles. The topological polar surface area (TPSA) is 53.1 Å². The zero-order chi connectivity index (χ0) is 20.1. The number of hydrogen-bond acceptors (Lipinski definition) is 1. The minimum Gasteiger partial charge on any atom is -0.478 e. The number of alkyl halides is 3. The van der Waals surface area contributed by atoms with Crippen molar-refractivity contribution in [1.29, 1.82) is 0 Å². The van der Waals surface area contributed by atoms with Gasteiger partial charge >= 0.3 is 12.1 Å². The smallest absolute Gasteiger partial charge is 0.397 e. The molecule has 1 atom stereocenters. The van der Waals surface area contributed by atoms with Gasteiger partial charge in [-0.3, -0.25) is 0 Å². The molecule has 0 amide bonds. The number of H-pyrrole nitrogens is 1. The first-order valence-electron chi connectivity index (χ1n) is 8.10. The van der Waals surface area contributed by atoms with E-state index in [4.69, 9.17) is 23.2 Å². The number of carboxylic acid groups (broad SMARTS) is 1. The summed E-state index contributed by atoms with van der Waals surface area (Å²) in [6.07, 6.45) is -3.11. The Morgan fingerprint density at radius 1 is 1.33 bits per heavy atom. The molecule has 1 aromatic carbocycles. The van der Waals surface area contributed by atoms with E-state index in [0.29, 0.717) is 33.1 Å². The van der Waals surface area contributed by atoms with Crippen LogP contribution < -0.4 is 0 Å². The van der Waals surface area contributed by atoms with Gasteiger partial charge in [-0.15, -0.1) is 0 Å². The Morgan fingerprint density at radius 3 is 2.59 bits per heavy atom. The largest absolute Gasteiger partial charge is 0.478 e. The number of aromatic carboxylic acids is 1. The highest BCUT2D eigenvalue weighted by molar-refractivity contribution is 6.37. The maximum Gasteiger partial charge on any atom is 0.397 e. The summed E-state index contributed by atoms with van der Waals surface area (Å²) in [4.78, 5) is 14.4. The molecule has 3 rings (SSSR count). The number of nitrogens with one attached hydrogen (secondary N) is 1. The first kappa shape index (κ1) is 19.8. The summed E-state index contributed by atoms with van der Waals surface area (Å²) in [5, 5.41) is 9.52. The molecule has 1 aliphatic carbocycles. The SMILES string of the molecule is CC1=C[C@](C)(C(F)(F)F)Cc2cc(Cc3c(Cl)ccc(C(=O)O)c3Cl)[nH]c21. The Labute approximate surface area is 163 Å². The zero-order valence-electron chi connectivity index (χ0n) is 14.5. The number of halogens is 5. The van der Waals surface area contributed by atoms with Crippen LogP contribution in [-0.4, -0.2) is 22.2 Å². The third kappa shape index (κ3) is 3.48. The number of aromatic amines is 1. The third-order valence-electron chi connectivity index (χ3n) is 4.87. The summed E-state index contributed by atoms with van der Waals surface area (Å²) < 4.78 is 40.3. The van der Waals surface area contributed by atoms with E-state index in [2.05, 4.69) is 4.98 Å². The molecule has 0 fully saturated rings. The predicted molar refractivity (Wildman–Crippen MR) is 98.5 cm³/mol. The van der Waals surface area contributed by atoms with Crippen molar-refractivity contribution < 1.29 is 23.1 Å². The van der Waals surface area contributed by atoms with Gasteiger partial charge in [0.15, 0.2) is 0 Å². The quantitative estimate of drug-likeness (QED) is 0.629. The van der Waals surface area contributed by atoms with E-state index >= 15 is 0 Å². The monoisotopic (exact) mass is 417 g/mol. The molecule has 27 heavy (non-hydrogen) atoms. The lowest BCUT2D eigenvalue weighted by Gasteiger charge is -2.32. The van der Waals surface area contributed by atoms with Crippen LogP contribution in [0.3, 0.4) is 0 Å². The molecule has 1 aliphatic rings. The lowest BCUT2D eigenvalue weighted by Crippen LogP contribution is -2.37. The summed E-state index contributed by atoms with van der Waals surface area (Å²) in [6.45, 7) is 2.81. The highest BCUT2D eigenvalue weighted by Gasteiger charge is 2.51. The Morgan fingerprint density at radius 2 is 2.00 bits per heavy atom. The van der Waals surface area contributed by atoms with Crippen molar-refractivity contribution in [3.05, 3.63) is 62.4 Å². The first-order valence-corrected chi connectivity index (χ1v) is 8.86. The minimum absolute atomic E-state index is 0.0231. The Bertz CT molecular complexity index is 963. The van der Waals surface area contributed by atoms with Crippen molar-refractivity contribution in [3.63, 3.8) is 0 Å². The second-order valence-electron chi connectivity index (χ2n) is 6.98. The van der Waals surface area contributed by atoms with E-state index in [-0.39, 0.29) is 23.4 Å². The molecule has 0 aliphatic heterocycles. The van der Waals surface area contributed by atoms with Crippen molar-refractivity contribution in [2.24, 2.45) is 5.41 Å². The van der Waals surface area contributed by atoms with Crippen molar-refractivity contribution >= 4 is 34.7 Å². The molecule has 0 spiro atoms. The second-order valence-corrected chi connectivity index (χ2v) is 7.77. The van der Waals surface area contributed by atoms with Gasteiger partial charge in [-0.25, -0.2) is 4.79 Å². The van der Waals surface area contributed by atoms with Crippen LogP contribution >= 0.6 is 23.2 Å². The fourth-order valence-corrected chi connectivity index (χ4v) is 4.03. The van der Waals surface area contributed by atoms with E-state index in [1.54, 1.807) is 13.0 Å². The number of fused-ring (bicyclic) bond motifs is 1.